The number of hydrogen-bond acceptors (Lipinski definition) is 2. The van der Waals surface area contributed by atoms with E-state index in [1.165, 1.54) is 0 Å². The molecular formula is C7H7BCl2NO. The molecule has 1 rings (SSSR count). The zero-order valence-electron chi connectivity index (χ0n) is 6.22. The molecular weight excluding hydrogens is 196 g/mol. The van der Waals surface area contributed by atoms with E-state index in [0.29, 0.717) is 16.6 Å². The van der Waals surface area contributed by atoms with Gasteiger partial charge in [-0.15, -0.1) is 0 Å². The predicted octanol–water partition coefficient (Wildman–Crippen LogP) is 1.61. The SMILES string of the molecule is O[B]NCc1ccc(Cl)cc1Cl. The van der Waals surface area contributed by atoms with E-state index in [1.54, 1.807) is 18.2 Å². The van der Waals surface area contributed by atoms with Crippen LogP contribution in [-0.2, 0) is 6.54 Å². The molecule has 0 amide bonds. The van der Waals surface area contributed by atoms with Crippen molar-refractivity contribution < 1.29 is 5.02 Å². The first kappa shape index (κ1) is 9.87. The monoisotopic (exact) mass is 202 g/mol. The van der Waals surface area contributed by atoms with Crippen molar-refractivity contribution in [3.8, 4) is 0 Å². The van der Waals surface area contributed by atoms with Gasteiger partial charge < -0.3 is 10.3 Å². The van der Waals surface area contributed by atoms with Gasteiger partial charge in [-0.1, -0.05) is 29.3 Å². The van der Waals surface area contributed by atoms with Gasteiger partial charge in [-0.3, -0.25) is 0 Å². The van der Waals surface area contributed by atoms with E-state index in [-0.39, 0.29) is 0 Å². The summed E-state index contributed by atoms with van der Waals surface area (Å²) >= 11 is 11.5. The molecule has 0 heterocycles. The second-order valence-corrected chi connectivity index (χ2v) is 3.09. The lowest BCUT2D eigenvalue weighted by Gasteiger charge is -2.03. The topological polar surface area (TPSA) is 32.3 Å². The molecule has 2 N–H and O–H groups in total. The molecule has 0 aliphatic carbocycles. The second-order valence-electron chi connectivity index (χ2n) is 2.25. The minimum absolute atomic E-state index is 0.493. The van der Waals surface area contributed by atoms with Crippen LogP contribution < -0.4 is 5.23 Å². The first-order chi connectivity index (χ1) is 5.74. The molecule has 0 aromatic heterocycles. The first-order valence-electron chi connectivity index (χ1n) is 3.37. The van der Waals surface area contributed by atoms with Gasteiger partial charge in [0.15, 0.2) is 0 Å². The zero-order valence-corrected chi connectivity index (χ0v) is 7.73. The molecule has 0 aliphatic heterocycles. The second kappa shape index (κ2) is 4.72. The minimum atomic E-state index is 0.493. The van der Waals surface area contributed by atoms with E-state index in [9.17, 15) is 0 Å². The Morgan fingerprint density at radius 2 is 2.17 bits per heavy atom. The summed E-state index contributed by atoms with van der Waals surface area (Å²) in [5, 5.41) is 12.2. The van der Waals surface area contributed by atoms with E-state index in [1.807, 2.05) is 0 Å². The molecule has 1 aromatic carbocycles. The lowest BCUT2D eigenvalue weighted by atomic mass is 10.2. The van der Waals surface area contributed by atoms with Gasteiger partial charge in [0.05, 0.1) is 0 Å². The van der Waals surface area contributed by atoms with Gasteiger partial charge in [0.25, 0.3) is 0 Å². The van der Waals surface area contributed by atoms with Crippen molar-refractivity contribution in [3.05, 3.63) is 33.8 Å². The first-order valence-corrected chi connectivity index (χ1v) is 4.13. The van der Waals surface area contributed by atoms with Crippen LogP contribution in [0.3, 0.4) is 0 Å². The van der Waals surface area contributed by atoms with Crippen molar-refractivity contribution in [2.45, 2.75) is 6.54 Å². The summed E-state index contributed by atoms with van der Waals surface area (Å²) in [5.41, 5.74) is 0.895. The quantitative estimate of drug-likeness (QED) is 0.731. The molecule has 0 saturated carbocycles. The van der Waals surface area contributed by atoms with Crippen LogP contribution in [-0.4, -0.2) is 12.6 Å². The summed E-state index contributed by atoms with van der Waals surface area (Å²) in [6.07, 6.45) is 0. The smallest absolute Gasteiger partial charge is 0.393 e. The number of hydrogen-bond donors (Lipinski definition) is 2. The van der Waals surface area contributed by atoms with Crippen LogP contribution in [0.15, 0.2) is 18.2 Å². The van der Waals surface area contributed by atoms with Crippen LogP contribution in [0.2, 0.25) is 10.0 Å². The molecule has 1 radical (unpaired) electrons. The van der Waals surface area contributed by atoms with Gasteiger partial charge >= 0.3 is 7.62 Å². The summed E-state index contributed by atoms with van der Waals surface area (Å²) in [5.74, 6) is 0. The molecule has 63 valence electrons. The van der Waals surface area contributed by atoms with E-state index >= 15 is 0 Å². The molecule has 0 unspecified atom stereocenters. The molecule has 12 heavy (non-hydrogen) atoms. The van der Waals surface area contributed by atoms with E-state index in [4.69, 9.17) is 28.2 Å². The normalized spacial score (nSPS) is 9.92. The standard InChI is InChI=1S/C7H7BCl2NO/c9-6-2-1-5(4-11-8-12)7(10)3-6/h1-3,11-12H,4H2. The predicted molar refractivity (Wildman–Crippen MR) is 51.3 cm³/mol. The van der Waals surface area contributed by atoms with Crippen molar-refractivity contribution >= 4 is 30.8 Å². The molecule has 0 atom stereocenters. The van der Waals surface area contributed by atoms with Gasteiger partial charge in [0, 0.05) is 16.6 Å². The van der Waals surface area contributed by atoms with Gasteiger partial charge in [0.1, 0.15) is 0 Å². The highest BCUT2D eigenvalue weighted by Crippen LogP contribution is 2.20. The highest BCUT2D eigenvalue weighted by molar-refractivity contribution is 6.35. The van der Waals surface area contributed by atoms with Crippen LogP contribution >= 0.6 is 23.2 Å². The summed E-state index contributed by atoms with van der Waals surface area (Å²) in [7, 11) is 0.880. The Hall–Kier alpha value is -0.215. The minimum Gasteiger partial charge on any atom is -0.440 e. The third-order valence-corrected chi connectivity index (χ3v) is 1.99. The fourth-order valence-corrected chi connectivity index (χ4v) is 1.30. The average molecular weight is 203 g/mol. The fraction of sp³-hybridized carbons (Fsp3) is 0.143. The largest absolute Gasteiger partial charge is 0.440 e. The number of halogens is 2. The fourth-order valence-electron chi connectivity index (χ4n) is 0.821. The Kier molecular flexibility index (Phi) is 3.89. The summed E-state index contributed by atoms with van der Waals surface area (Å²) < 4.78 is 0. The third-order valence-electron chi connectivity index (χ3n) is 1.40. The maximum Gasteiger partial charge on any atom is 0.393 e. The Balaban J connectivity index is 2.72. The zero-order chi connectivity index (χ0) is 8.97. The average Bonchev–Trinajstić information content (AvgIpc) is 2.03. The van der Waals surface area contributed by atoms with E-state index < -0.39 is 0 Å². The number of rotatable bonds is 3. The van der Waals surface area contributed by atoms with E-state index in [2.05, 4.69) is 5.23 Å². The van der Waals surface area contributed by atoms with Gasteiger partial charge in [-0.25, -0.2) is 0 Å². The molecule has 0 bridgehead atoms. The summed E-state index contributed by atoms with van der Waals surface area (Å²) in [4.78, 5) is 0. The highest BCUT2D eigenvalue weighted by Gasteiger charge is 1.99. The van der Waals surface area contributed by atoms with Crippen molar-refractivity contribution in [2.24, 2.45) is 0 Å². The van der Waals surface area contributed by atoms with Crippen LogP contribution in [0.25, 0.3) is 0 Å². The van der Waals surface area contributed by atoms with Gasteiger partial charge in [-0.05, 0) is 17.7 Å². The van der Waals surface area contributed by atoms with Crippen LogP contribution in [0.4, 0.5) is 0 Å². The summed E-state index contributed by atoms with van der Waals surface area (Å²) in [6, 6.07) is 5.22. The van der Waals surface area contributed by atoms with Crippen LogP contribution in [0.1, 0.15) is 5.56 Å². The molecule has 2 nitrogen and oxygen atoms in total. The van der Waals surface area contributed by atoms with E-state index in [0.717, 1.165) is 13.2 Å². The van der Waals surface area contributed by atoms with Crippen molar-refractivity contribution in [2.75, 3.05) is 0 Å². The lowest BCUT2D eigenvalue weighted by Crippen LogP contribution is -2.17. The Labute approximate surface area is 81.8 Å². The Morgan fingerprint density at radius 1 is 1.42 bits per heavy atom. The maximum absolute atomic E-state index is 8.37. The molecule has 0 spiro atoms. The number of nitrogens with one attached hydrogen (secondary N) is 1. The molecule has 5 heteroatoms. The summed E-state index contributed by atoms with van der Waals surface area (Å²) in [6.45, 7) is 0.493. The Bertz CT molecular complexity index is 270. The van der Waals surface area contributed by atoms with Crippen molar-refractivity contribution in [1.82, 2.24) is 5.23 Å². The third kappa shape index (κ3) is 2.68. The van der Waals surface area contributed by atoms with Crippen LogP contribution in [0, 0.1) is 0 Å². The molecule has 0 saturated heterocycles. The molecule has 0 aliphatic rings. The highest BCUT2D eigenvalue weighted by atomic mass is 35.5. The maximum atomic E-state index is 8.37. The van der Waals surface area contributed by atoms with Crippen LogP contribution in [0.5, 0.6) is 0 Å². The van der Waals surface area contributed by atoms with Crippen molar-refractivity contribution in [1.29, 1.82) is 0 Å². The van der Waals surface area contributed by atoms with Gasteiger partial charge in [0.2, 0.25) is 0 Å². The molecule has 0 fully saturated rings. The Morgan fingerprint density at radius 3 is 2.75 bits per heavy atom. The van der Waals surface area contributed by atoms with Gasteiger partial charge in [-0.2, -0.15) is 0 Å². The lowest BCUT2D eigenvalue weighted by molar-refractivity contribution is 0.580. The van der Waals surface area contributed by atoms with Crippen molar-refractivity contribution in [3.63, 3.8) is 0 Å². The molecule has 1 aromatic rings. The number of benzene rings is 1.